The molecule has 1 amide bonds. The Labute approximate surface area is 214 Å². The van der Waals surface area contributed by atoms with E-state index in [0.717, 1.165) is 6.42 Å². The molecule has 0 spiro atoms. The smallest absolute Gasteiger partial charge is 0.253 e. The number of aromatic nitrogens is 2. The molecule has 0 radical (unpaired) electrons. The van der Waals surface area contributed by atoms with Crippen LogP contribution in [0.4, 0.5) is 4.39 Å². The zero-order chi connectivity index (χ0) is 25.8. The summed E-state index contributed by atoms with van der Waals surface area (Å²) in [5, 5.41) is 6.16. The SMILES string of the molecule is Cc1cccc(CCNC2=C(c3nc4c(C(=O)NCc5ccccc5F)cccc4[nH]3)C(=O)CC=C2)c1. The van der Waals surface area contributed by atoms with Crippen molar-refractivity contribution in [2.24, 2.45) is 0 Å². The third-order valence-electron chi connectivity index (χ3n) is 6.34. The van der Waals surface area contributed by atoms with Crippen LogP contribution in [0, 0.1) is 12.7 Å². The summed E-state index contributed by atoms with van der Waals surface area (Å²) in [5.74, 6) is -0.379. The van der Waals surface area contributed by atoms with Gasteiger partial charge in [0, 0.05) is 30.8 Å². The summed E-state index contributed by atoms with van der Waals surface area (Å²) in [6.45, 7) is 2.78. The molecule has 0 atom stereocenters. The molecule has 1 aliphatic carbocycles. The maximum atomic E-state index is 14.0. The second-order valence-corrected chi connectivity index (χ2v) is 9.05. The molecule has 4 aromatic rings. The monoisotopic (exact) mass is 494 g/mol. The van der Waals surface area contributed by atoms with Crippen molar-refractivity contribution in [3.05, 3.63) is 118 Å². The van der Waals surface area contributed by atoms with E-state index in [1.165, 1.54) is 17.2 Å². The molecule has 186 valence electrons. The van der Waals surface area contributed by atoms with Gasteiger partial charge in [0.2, 0.25) is 0 Å². The number of aromatic amines is 1. The Morgan fingerprint density at radius 2 is 1.92 bits per heavy atom. The van der Waals surface area contributed by atoms with Crippen molar-refractivity contribution in [1.82, 2.24) is 20.6 Å². The average molecular weight is 495 g/mol. The molecule has 0 aliphatic heterocycles. The number of H-pyrrole nitrogens is 1. The number of carbonyl (C=O) groups is 2. The van der Waals surface area contributed by atoms with E-state index < -0.39 is 0 Å². The maximum Gasteiger partial charge on any atom is 0.253 e. The summed E-state index contributed by atoms with van der Waals surface area (Å²) in [6.07, 6.45) is 4.84. The molecule has 0 fully saturated rings. The highest BCUT2D eigenvalue weighted by atomic mass is 19.1. The van der Waals surface area contributed by atoms with Crippen molar-refractivity contribution < 1.29 is 14.0 Å². The second-order valence-electron chi connectivity index (χ2n) is 9.05. The number of amides is 1. The maximum absolute atomic E-state index is 14.0. The normalized spacial score (nSPS) is 13.3. The average Bonchev–Trinajstić information content (AvgIpc) is 3.32. The first-order valence-electron chi connectivity index (χ1n) is 12.2. The Hall–Kier alpha value is -4.52. The molecule has 1 aromatic heterocycles. The molecular weight excluding hydrogens is 467 g/mol. The molecule has 0 bridgehead atoms. The number of benzene rings is 3. The number of carbonyl (C=O) groups excluding carboxylic acids is 2. The lowest BCUT2D eigenvalue weighted by Gasteiger charge is -2.15. The van der Waals surface area contributed by atoms with Crippen LogP contribution < -0.4 is 10.6 Å². The second kappa shape index (κ2) is 10.6. The molecule has 7 heteroatoms. The Bertz CT molecular complexity index is 1550. The number of allylic oxidation sites excluding steroid dienone is 3. The predicted molar refractivity (Wildman–Crippen MR) is 142 cm³/mol. The molecule has 5 rings (SSSR count). The molecule has 6 nitrogen and oxygen atoms in total. The minimum atomic E-state index is -0.374. The lowest BCUT2D eigenvalue weighted by Crippen LogP contribution is -2.23. The third-order valence-corrected chi connectivity index (χ3v) is 6.34. The van der Waals surface area contributed by atoms with Gasteiger partial charge in [0.05, 0.1) is 16.7 Å². The number of Topliss-reactive ketones (excluding diaryl/α,β-unsaturated/α-hetero) is 1. The van der Waals surface area contributed by atoms with Crippen LogP contribution in [0.15, 0.2) is 84.6 Å². The van der Waals surface area contributed by atoms with Crippen LogP contribution in [0.25, 0.3) is 16.6 Å². The summed E-state index contributed by atoms with van der Waals surface area (Å²) in [7, 11) is 0. The Kier molecular flexibility index (Phi) is 6.94. The molecule has 0 saturated carbocycles. The lowest BCUT2D eigenvalue weighted by atomic mass is 9.99. The summed E-state index contributed by atoms with van der Waals surface area (Å²) < 4.78 is 14.0. The minimum Gasteiger partial charge on any atom is -0.384 e. The number of nitrogens with one attached hydrogen (secondary N) is 3. The Morgan fingerprint density at radius 3 is 2.76 bits per heavy atom. The number of rotatable bonds is 8. The van der Waals surface area contributed by atoms with Crippen LogP contribution >= 0.6 is 0 Å². The number of ketones is 1. The van der Waals surface area contributed by atoms with Crippen molar-refractivity contribution in [2.75, 3.05) is 6.54 Å². The molecule has 1 aliphatic rings. The van der Waals surface area contributed by atoms with Crippen LogP contribution in [0.2, 0.25) is 0 Å². The summed E-state index contributed by atoms with van der Waals surface area (Å²) in [6, 6.07) is 19.9. The molecule has 3 aromatic carbocycles. The van der Waals surface area contributed by atoms with Crippen molar-refractivity contribution >= 4 is 28.3 Å². The number of imidazole rings is 1. The molecule has 1 heterocycles. The van der Waals surface area contributed by atoms with Crippen LogP contribution in [0.1, 0.15) is 39.3 Å². The highest BCUT2D eigenvalue weighted by Crippen LogP contribution is 2.26. The number of hydrogen-bond donors (Lipinski definition) is 3. The Morgan fingerprint density at radius 1 is 1.08 bits per heavy atom. The van der Waals surface area contributed by atoms with Gasteiger partial charge in [-0.05, 0) is 43.2 Å². The predicted octanol–water partition coefficient (Wildman–Crippen LogP) is 5.01. The van der Waals surface area contributed by atoms with Gasteiger partial charge in [-0.15, -0.1) is 0 Å². The summed E-state index contributed by atoms with van der Waals surface area (Å²) in [5.41, 5.74) is 5.45. The van der Waals surface area contributed by atoms with E-state index in [0.29, 0.717) is 45.8 Å². The van der Waals surface area contributed by atoms with Gasteiger partial charge in [-0.25, -0.2) is 9.37 Å². The summed E-state index contributed by atoms with van der Waals surface area (Å²) >= 11 is 0. The number of aryl methyl sites for hydroxylation is 1. The van der Waals surface area contributed by atoms with Gasteiger partial charge < -0.3 is 15.6 Å². The van der Waals surface area contributed by atoms with E-state index in [1.807, 2.05) is 24.3 Å². The zero-order valence-electron chi connectivity index (χ0n) is 20.5. The highest BCUT2D eigenvalue weighted by molar-refractivity contribution is 6.23. The van der Waals surface area contributed by atoms with Crippen LogP contribution in [-0.2, 0) is 17.8 Å². The zero-order valence-corrected chi connectivity index (χ0v) is 20.5. The lowest BCUT2D eigenvalue weighted by molar-refractivity contribution is -0.113. The van der Waals surface area contributed by atoms with E-state index in [9.17, 15) is 14.0 Å². The number of nitrogens with zero attached hydrogens (tertiary/aromatic N) is 1. The van der Waals surface area contributed by atoms with Crippen LogP contribution in [0.5, 0.6) is 0 Å². The minimum absolute atomic E-state index is 0.0508. The first-order chi connectivity index (χ1) is 18.0. The largest absolute Gasteiger partial charge is 0.384 e. The van der Waals surface area contributed by atoms with Crippen LogP contribution in [0.3, 0.4) is 0 Å². The van der Waals surface area contributed by atoms with E-state index in [4.69, 9.17) is 0 Å². The van der Waals surface area contributed by atoms with Gasteiger partial charge in [0.1, 0.15) is 17.2 Å². The van der Waals surface area contributed by atoms with Crippen LogP contribution in [-0.4, -0.2) is 28.2 Å². The first-order valence-corrected chi connectivity index (χ1v) is 12.2. The Balaban J connectivity index is 1.39. The van der Waals surface area contributed by atoms with Gasteiger partial charge in [-0.1, -0.05) is 60.2 Å². The van der Waals surface area contributed by atoms with Gasteiger partial charge in [0.15, 0.2) is 5.78 Å². The number of hydrogen-bond acceptors (Lipinski definition) is 4. The fraction of sp³-hybridized carbons (Fsp3) is 0.167. The fourth-order valence-corrected chi connectivity index (χ4v) is 4.48. The number of para-hydroxylation sites is 1. The van der Waals surface area contributed by atoms with Crippen molar-refractivity contribution in [2.45, 2.75) is 26.3 Å². The topological polar surface area (TPSA) is 86.9 Å². The van der Waals surface area contributed by atoms with Crippen molar-refractivity contribution in [3.8, 4) is 0 Å². The highest BCUT2D eigenvalue weighted by Gasteiger charge is 2.23. The molecule has 37 heavy (non-hydrogen) atoms. The van der Waals surface area contributed by atoms with Gasteiger partial charge in [-0.2, -0.15) is 0 Å². The van der Waals surface area contributed by atoms with Gasteiger partial charge in [0.25, 0.3) is 5.91 Å². The van der Waals surface area contributed by atoms with E-state index >= 15 is 0 Å². The standard InChI is InChI=1S/C30H27FN4O2/c1-19-7-4-8-20(17-19)15-16-32-24-12-6-14-26(36)27(24)29-34-25-13-5-10-22(28(25)35-29)30(37)33-18-21-9-2-3-11-23(21)31/h2-13,17,32H,14-16,18H2,1H3,(H,33,37)(H,34,35). The van der Waals surface area contributed by atoms with Gasteiger partial charge >= 0.3 is 0 Å². The van der Waals surface area contributed by atoms with Gasteiger partial charge in [-0.3, -0.25) is 9.59 Å². The van der Waals surface area contributed by atoms with Crippen molar-refractivity contribution in [3.63, 3.8) is 0 Å². The number of fused-ring (bicyclic) bond motifs is 1. The third kappa shape index (κ3) is 5.35. The summed E-state index contributed by atoms with van der Waals surface area (Å²) in [4.78, 5) is 33.8. The fourth-order valence-electron chi connectivity index (χ4n) is 4.48. The molecular formula is C30H27FN4O2. The molecule has 3 N–H and O–H groups in total. The molecule has 0 saturated heterocycles. The van der Waals surface area contributed by atoms with E-state index in [-0.39, 0.29) is 30.5 Å². The molecule has 0 unspecified atom stereocenters. The van der Waals surface area contributed by atoms with E-state index in [1.54, 1.807) is 30.3 Å². The van der Waals surface area contributed by atoms with E-state index in [2.05, 4.69) is 45.7 Å². The first kappa shape index (κ1) is 24.2. The quantitative estimate of drug-likeness (QED) is 0.321. The van der Waals surface area contributed by atoms with Crippen molar-refractivity contribution in [1.29, 1.82) is 0 Å². The number of halogens is 1.